The molecule has 0 unspecified atom stereocenters. The lowest BCUT2D eigenvalue weighted by Crippen LogP contribution is -2.44. The van der Waals surface area contributed by atoms with Gasteiger partial charge in [-0.25, -0.2) is 9.67 Å². The van der Waals surface area contributed by atoms with Crippen LogP contribution in [-0.2, 0) is 13.6 Å². The summed E-state index contributed by atoms with van der Waals surface area (Å²) in [6.45, 7) is 4.85. The lowest BCUT2D eigenvalue weighted by Gasteiger charge is -2.34. The molecule has 1 saturated heterocycles. The molecule has 0 aliphatic carbocycles. The summed E-state index contributed by atoms with van der Waals surface area (Å²) in [4.78, 5) is 21.6. The number of piperazine rings is 1. The van der Waals surface area contributed by atoms with E-state index in [1.165, 1.54) is 15.9 Å². The molecule has 1 fully saturated rings. The molecule has 2 aromatic heterocycles. The van der Waals surface area contributed by atoms with E-state index in [9.17, 15) is 4.79 Å². The molecule has 0 amide bonds. The maximum absolute atomic E-state index is 11.9. The molecule has 158 valence electrons. The second-order valence-corrected chi connectivity index (χ2v) is 8.15. The Balaban J connectivity index is 1.64. The number of aryl methyl sites for hydroxylation is 1. The van der Waals surface area contributed by atoms with Gasteiger partial charge in [0.2, 0.25) is 0 Å². The molecule has 0 N–H and O–H groups in total. The first-order valence-corrected chi connectivity index (χ1v) is 10.6. The molecular weight excluding hydrogens is 388 g/mol. The Hall–Kier alpha value is -3.45. The van der Waals surface area contributed by atoms with Gasteiger partial charge in [-0.1, -0.05) is 30.3 Å². The molecule has 0 atom stereocenters. The zero-order valence-corrected chi connectivity index (χ0v) is 17.9. The maximum atomic E-state index is 11.9. The fraction of sp³-hybridized carbons (Fsp3) is 0.292. The Labute approximate surface area is 181 Å². The van der Waals surface area contributed by atoms with Crippen molar-refractivity contribution in [2.75, 3.05) is 38.1 Å². The average molecular weight is 415 g/mol. The van der Waals surface area contributed by atoms with Gasteiger partial charge in [-0.3, -0.25) is 4.79 Å². The van der Waals surface area contributed by atoms with Crippen LogP contribution in [0.15, 0.2) is 65.5 Å². The van der Waals surface area contributed by atoms with Crippen molar-refractivity contribution in [3.8, 4) is 11.5 Å². The molecule has 3 heterocycles. The molecule has 0 radical (unpaired) electrons. The van der Waals surface area contributed by atoms with E-state index in [0.29, 0.717) is 12.2 Å². The Morgan fingerprint density at radius 1 is 0.903 bits per heavy atom. The predicted octanol–water partition coefficient (Wildman–Crippen LogP) is 2.60. The quantitative estimate of drug-likeness (QED) is 0.514. The van der Waals surface area contributed by atoms with E-state index in [0.717, 1.165) is 43.0 Å². The largest absolute Gasteiger partial charge is 0.369 e. The minimum atomic E-state index is -0.133. The summed E-state index contributed by atoms with van der Waals surface area (Å²) in [6, 6.07) is 20.2. The van der Waals surface area contributed by atoms with Gasteiger partial charge < -0.3 is 14.4 Å². The molecular formula is C24H26N6O. The molecule has 31 heavy (non-hydrogen) atoms. The number of imidazole rings is 1. The Bertz CT molecular complexity index is 1270. The van der Waals surface area contributed by atoms with E-state index in [1.807, 2.05) is 18.2 Å². The van der Waals surface area contributed by atoms with Crippen LogP contribution >= 0.6 is 0 Å². The van der Waals surface area contributed by atoms with Gasteiger partial charge in [0.15, 0.2) is 5.82 Å². The van der Waals surface area contributed by atoms with Crippen molar-refractivity contribution in [3.05, 3.63) is 76.6 Å². The van der Waals surface area contributed by atoms with Crippen LogP contribution in [0.25, 0.3) is 22.6 Å². The zero-order valence-electron chi connectivity index (χ0n) is 17.9. The van der Waals surface area contributed by atoms with Crippen molar-refractivity contribution in [2.24, 2.45) is 7.05 Å². The Kier molecular flexibility index (Phi) is 5.03. The number of hydrogen-bond donors (Lipinski definition) is 0. The minimum absolute atomic E-state index is 0.133. The van der Waals surface area contributed by atoms with Gasteiger partial charge in [0, 0.05) is 51.5 Å². The normalized spacial score (nSPS) is 15.0. The zero-order chi connectivity index (χ0) is 21.4. The molecule has 1 aliphatic heterocycles. The highest BCUT2D eigenvalue weighted by Crippen LogP contribution is 2.28. The van der Waals surface area contributed by atoms with Gasteiger partial charge in [0.1, 0.15) is 5.69 Å². The second-order valence-electron chi connectivity index (χ2n) is 8.15. The third-order valence-electron chi connectivity index (χ3n) is 5.97. The number of aromatic nitrogens is 4. The molecule has 0 spiro atoms. The number of fused-ring (bicyclic) bond motifs is 1. The second kappa shape index (κ2) is 8.00. The molecule has 2 aromatic carbocycles. The van der Waals surface area contributed by atoms with Gasteiger partial charge in [0.05, 0.1) is 11.0 Å². The van der Waals surface area contributed by atoms with Crippen molar-refractivity contribution in [1.29, 1.82) is 0 Å². The first-order chi connectivity index (χ1) is 15.1. The van der Waals surface area contributed by atoms with Gasteiger partial charge in [-0.2, -0.15) is 5.10 Å². The maximum Gasteiger partial charge on any atom is 0.266 e. The number of benzene rings is 2. The lowest BCUT2D eigenvalue weighted by atomic mass is 10.2. The van der Waals surface area contributed by atoms with Crippen LogP contribution < -0.4 is 10.5 Å². The number of hydrogen-bond acceptors (Lipinski definition) is 5. The van der Waals surface area contributed by atoms with Crippen molar-refractivity contribution in [1.82, 2.24) is 24.2 Å². The molecule has 4 aromatic rings. The highest BCUT2D eigenvalue weighted by atomic mass is 16.1. The summed E-state index contributed by atoms with van der Waals surface area (Å²) in [5.74, 6) is 0.769. The Morgan fingerprint density at radius 2 is 1.68 bits per heavy atom. The van der Waals surface area contributed by atoms with Crippen LogP contribution in [0.1, 0.15) is 5.56 Å². The van der Waals surface area contributed by atoms with Crippen LogP contribution in [0.4, 0.5) is 5.69 Å². The minimum Gasteiger partial charge on any atom is -0.369 e. The lowest BCUT2D eigenvalue weighted by molar-refractivity contribution is 0.313. The third-order valence-corrected chi connectivity index (χ3v) is 5.97. The van der Waals surface area contributed by atoms with E-state index in [2.05, 4.69) is 56.8 Å². The molecule has 7 heteroatoms. The average Bonchev–Trinajstić information content (AvgIpc) is 3.14. The summed E-state index contributed by atoms with van der Waals surface area (Å²) in [5.41, 5.74) is 4.97. The third kappa shape index (κ3) is 3.84. The molecule has 1 aliphatic rings. The number of nitrogens with zero attached hydrogens (tertiary/aromatic N) is 6. The number of rotatable bonds is 4. The number of likely N-dealkylation sites (N-methyl/N-ethyl adjacent to an activating group) is 1. The standard InChI is InChI=1S/C24H26N6O/c1-27-12-14-29(15-13-27)19-8-9-20-22(16-19)30(17-18-6-4-3-5-7-18)24(25-20)21-10-11-23(31)28(2)26-21/h3-11,16H,12-15,17H2,1-2H3. The van der Waals surface area contributed by atoms with E-state index in [1.54, 1.807) is 19.2 Å². The molecule has 7 nitrogen and oxygen atoms in total. The predicted molar refractivity (Wildman–Crippen MR) is 123 cm³/mol. The monoisotopic (exact) mass is 414 g/mol. The first-order valence-electron chi connectivity index (χ1n) is 10.6. The smallest absolute Gasteiger partial charge is 0.266 e. The van der Waals surface area contributed by atoms with Crippen LogP contribution in [0, 0.1) is 0 Å². The highest BCUT2D eigenvalue weighted by molar-refractivity contribution is 5.83. The van der Waals surface area contributed by atoms with Gasteiger partial charge in [-0.15, -0.1) is 0 Å². The van der Waals surface area contributed by atoms with Gasteiger partial charge >= 0.3 is 0 Å². The van der Waals surface area contributed by atoms with E-state index in [-0.39, 0.29) is 5.56 Å². The van der Waals surface area contributed by atoms with Crippen molar-refractivity contribution < 1.29 is 0 Å². The van der Waals surface area contributed by atoms with E-state index in [4.69, 9.17) is 4.98 Å². The van der Waals surface area contributed by atoms with Crippen molar-refractivity contribution in [3.63, 3.8) is 0 Å². The summed E-state index contributed by atoms with van der Waals surface area (Å²) in [6.07, 6.45) is 0. The van der Waals surface area contributed by atoms with Gasteiger partial charge in [0.25, 0.3) is 5.56 Å². The SMILES string of the molecule is CN1CCN(c2ccc3nc(-c4ccc(=O)n(C)n4)n(Cc4ccccc4)c3c2)CC1. The summed E-state index contributed by atoms with van der Waals surface area (Å²) >= 11 is 0. The van der Waals surface area contributed by atoms with E-state index < -0.39 is 0 Å². The molecule has 0 bridgehead atoms. The van der Waals surface area contributed by atoms with Crippen LogP contribution in [0.3, 0.4) is 0 Å². The van der Waals surface area contributed by atoms with E-state index >= 15 is 0 Å². The summed E-state index contributed by atoms with van der Waals surface area (Å²) < 4.78 is 3.56. The summed E-state index contributed by atoms with van der Waals surface area (Å²) in [7, 11) is 3.84. The van der Waals surface area contributed by atoms with Crippen LogP contribution in [-0.4, -0.2) is 57.5 Å². The van der Waals surface area contributed by atoms with Gasteiger partial charge in [-0.05, 0) is 36.9 Å². The fourth-order valence-corrected chi connectivity index (χ4v) is 4.12. The number of anilines is 1. The van der Waals surface area contributed by atoms with Crippen LogP contribution in [0.5, 0.6) is 0 Å². The van der Waals surface area contributed by atoms with Crippen molar-refractivity contribution in [2.45, 2.75) is 6.54 Å². The molecule has 5 rings (SSSR count). The molecule has 0 saturated carbocycles. The van der Waals surface area contributed by atoms with Crippen molar-refractivity contribution >= 4 is 16.7 Å². The topological polar surface area (TPSA) is 59.2 Å². The van der Waals surface area contributed by atoms with Crippen LogP contribution in [0.2, 0.25) is 0 Å². The highest BCUT2D eigenvalue weighted by Gasteiger charge is 2.19. The summed E-state index contributed by atoms with van der Waals surface area (Å²) in [5, 5.41) is 4.47. The fourth-order valence-electron chi connectivity index (χ4n) is 4.12. The first kappa shape index (κ1) is 19.5. The Morgan fingerprint density at radius 3 is 2.42 bits per heavy atom.